The molecule has 1 N–H and O–H groups in total. The standard InChI is InChI=1S/C26H26N2O3S/c1-3-31-20-12-14-21(15-13-20)32(29,30)28-17-16-23-22-6-4-5-7-24(22)27-25(23)26(28)19-10-8-18(2)9-11-19/h4-15,26-27H,3,16-17H2,1-2H3/t26-/m1/s1. The topological polar surface area (TPSA) is 62.4 Å². The summed E-state index contributed by atoms with van der Waals surface area (Å²) in [7, 11) is -3.72. The van der Waals surface area contributed by atoms with Crippen LogP contribution in [-0.2, 0) is 16.4 Å². The second-order valence-electron chi connectivity index (χ2n) is 8.15. The van der Waals surface area contributed by atoms with Crippen molar-refractivity contribution in [2.45, 2.75) is 31.2 Å². The maximum Gasteiger partial charge on any atom is 0.244 e. The molecule has 3 aromatic carbocycles. The van der Waals surface area contributed by atoms with Crippen molar-refractivity contribution in [2.24, 2.45) is 0 Å². The van der Waals surface area contributed by atoms with E-state index < -0.39 is 16.1 Å². The fourth-order valence-corrected chi connectivity index (χ4v) is 6.16. The Morgan fingerprint density at radius 2 is 1.72 bits per heavy atom. The number of nitrogens with zero attached hydrogens (tertiary/aromatic N) is 1. The lowest BCUT2D eigenvalue weighted by molar-refractivity contribution is 0.337. The van der Waals surface area contributed by atoms with E-state index in [0.717, 1.165) is 27.7 Å². The van der Waals surface area contributed by atoms with Crippen LogP contribution in [0.25, 0.3) is 10.9 Å². The van der Waals surface area contributed by atoms with Gasteiger partial charge in [0.15, 0.2) is 0 Å². The first-order valence-electron chi connectivity index (χ1n) is 10.9. The summed E-state index contributed by atoms with van der Waals surface area (Å²) in [6.45, 7) is 4.90. The van der Waals surface area contributed by atoms with Crippen LogP contribution in [0.3, 0.4) is 0 Å². The van der Waals surface area contributed by atoms with Crippen LogP contribution in [0.4, 0.5) is 0 Å². The zero-order valence-corrected chi connectivity index (χ0v) is 19.0. The number of hydrogen-bond donors (Lipinski definition) is 1. The molecule has 0 saturated carbocycles. The van der Waals surface area contributed by atoms with Gasteiger partial charge in [0.25, 0.3) is 0 Å². The number of sulfonamides is 1. The molecule has 1 aliphatic rings. The predicted molar refractivity (Wildman–Crippen MR) is 127 cm³/mol. The second kappa shape index (κ2) is 8.11. The molecule has 5 nitrogen and oxygen atoms in total. The number of fused-ring (bicyclic) bond motifs is 3. The van der Waals surface area contributed by atoms with E-state index in [4.69, 9.17) is 4.74 Å². The Kier molecular flexibility index (Phi) is 5.27. The molecule has 1 aliphatic heterocycles. The number of H-pyrrole nitrogens is 1. The number of aryl methyl sites for hydroxylation is 1. The minimum absolute atomic E-state index is 0.276. The highest BCUT2D eigenvalue weighted by atomic mass is 32.2. The normalized spacial score (nSPS) is 16.8. The van der Waals surface area contributed by atoms with Crippen LogP contribution in [0, 0.1) is 6.92 Å². The van der Waals surface area contributed by atoms with Crippen molar-refractivity contribution in [3.05, 3.63) is 95.2 Å². The predicted octanol–water partition coefficient (Wildman–Crippen LogP) is 5.21. The maximum atomic E-state index is 13.8. The fraction of sp³-hybridized carbons (Fsp3) is 0.231. The lowest BCUT2D eigenvalue weighted by atomic mass is 9.94. The van der Waals surface area contributed by atoms with Crippen LogP contribution in [0.5, 0.6) is 5.75 Å². The summed E-state index contributed by atoms with van der Waals surface area (Å²) in [5.41, 5.74) is 5.29. The van der Waals surface area contributed by atoms with Gasteiger partial charge in [-0.1, -0.05) is 48.0 Å². The van der Waals surface area contributed by atoms with E-state index in [2.05, 4.69) is 11.1 Å². The van der Waals surface area contributed by atoms with Crippen molar-refractivity contribution < 1.29 is 13.2 Å². The van der Waals surface area contributed by atoms with Gasteiger partial charge in [0.2, 0.25) is 10.0 Å². The highest BCUT2D eigenvalue weighted by molar-refractivity contribution is 7.89. The molecule has 0 unspecified atom stereocenters. The van der Waals surface area contributed by atoms with Crippen molar-refractivity contribution >= 4 is 20.9 Å². The molecule has 0 radical (unpaired) electrons. The summed E-state index contributed by atoms with van der Waals surface area (Å²) in [5, 5.41) is 1.16. The van der Waals surface area contributed by atoms with Gasteiger partial charge in [-0.25, -0.2) is 8.42 Å². The van der Waals surface area contributed by atoms with Crippen molar-refractivity contribution in [1.82, 2.24) is 9.29 Å². The highest BCUT2D eigenvalue weighted by Crippen LogP contribution is 2.41. The van der Waals surface area contributed by atoms with E-state index in [1.54, 1.807) is 28.6 Å². The average Bonchev–Trinajstić information content (AvgIpc) is 3.18. The third-order valence-electron chi connectivity index (χ3n) is 6.12. The van der Waals surface area contributed by atoms with Gasteiger partial charge in [-0.2, -0.15) is 4.31 Å². The molecule has 2 heterocycles. The Hall–Kier alpha value is -3.09. The summed E-state index contributed by atoms with van der Waals surface area (Å²) in [4.78, 5) is 3.81. The molecule has 164 valence electrons. The van der Waals surface area contributed by atoms with Crippen molar-refractivity contribution in [3.63, 3.8) is 0 Å². The van der Waals surface area contributed by atoms with Crippen LogP contribution < -0.4 is 4.74 Å². The second-order valence-corrected chi connectivity index (χ2v) is 10.0. The van der Waals surface area contributed by atoms with E-state index in [9.17, 15) is 8.42 Å². The minimum atomic E-state index is -3.72. The van der Waals surface area contributed by atoms with Crippen LogP contribution in [-0.4, -0.2) is 30.9 Å². The largest absolute Gasteiger partial charge is 0.494 e. The summed E-state index contributed by atoms with van der Waals surface area (Å²) in [6.07, 6.45) is 0.665. The molecular weight excluding hydrogens is 420 g/mol. The molecular formula is C26H26N2O3S. The number of benzene rings is 3. The number of aromatic amines is 1. The molecule has 1 aromatic heterocycles. The molecule has 1 atom stereocenters. The van der Waals surface area contributed by atoms with Crippen LogP contribution in [0.2, 0.25) is 0 Å². The molecule has 0 aliphatic carbocycles. The van der Waals surface area contributed by atoms with Crippen LogP contribution in [0.15, 0.2) is 77.7 Å². The lowest BCUT2D eigenvalue weighted by Crippen LogP contribution is -2.40. The van der Waals surface area contributed by atoms with Crippen LogP contribution in [0.1, 0.15) is 35.3 Å². The van der Waals surface area contributed by atoms with E-state index in [1.807, 2.05) is 56.3 Å². The van der Waals surface area contributed by atoms with Gasteiger partial charge in [0.1, 0.15) is 5.75 Å². The summed E-state index contributed by atoms with van der Waals surface area (Å²) in [5.74, 6) is 0.665. The fourth-order valence-electron chi connectivity index (χ4n) is 4.57. The molecule has 0 bridgehead atoms. The Morgan fingerprint density at radius 1 is 1.00 bits per heavy atom. The number of hydrogen-bond acceptors (Lipinski definition) is 3. The van der Waals surface area contributed by atoms with E-state index in [1.165, 1.54) is 5.56 Å². The van der Waals surface area contributed by atoms with Gasteiger partial charge < -0.3 is 9.72 Å². The quantitative estimate of drug-likeness (QED) is 0.458. The molecule has 5 rings (SSSR count). The monoisotopic (exact) mass is 446 g/mol. The lowest BCUT2D eigenvalue weighted by Gasteiger charge is -2.35. The molecule has 0 spiro atoms. The van der Waals surface area contributed by atoms with Gasteiger partial charge in [-0.05, 0) is 61.7 Å². The first kappa shape index (κ1) is 20.8. The van der Waals surface area contributed by atoms with Gasteiger partial charge in [0, 0.05) is 23.1 Å². The van der Waals surface area contributed by atoms with Crippen LogP contribution >= 0.6 is 0 Å². The zero-order chi connectivity index (χ0) is 22.3. The van der Waals surface area contributed by atoms with E-state index in [-0.39, 0.29) is 4.90 Å². The SMILES string of the molecule is CCOc1ccc(S(=O)(=O)N2CCc3c([nH]c4ccccc34)[C@H]2c2ccc(C)cc2)cc1. The zero-order valence-electron chi connectivity index (χ0n) is 18.2. The maximum absolute atomic E-state index is 13.8. The highest BCUT2D eigenvalue weighted by Gasteiger charge is 2.39. The molecule has 6 heteroatoms. The first-order chi connectivity index (χ1) is 15.5. The van der Waals surface area contributed by atoms with Crippen molar-refractivity contribution in [3.8, 4) is 5.75 Å². The van der Waals surface area contributed by atoms with Gasteiger partial charge in [-0.3, -0.25) is 0 Å². The van der Waals surface area contributed by atoms with Crippen molar-refractivity contribution in [1.29, 1.82) is 0 Å². The molecule has 32 heavy (non-hydrogen) atoms. The summed E-state index contributed by atoms with van der Waals surface area (Å²) in [6, 6.07) is 22.6. The Balaban J connectivity index is 1.64. The van der Waals surface area contributed by atoms with E-state index in [0.29, 0.717) is 25.3 Å². The minimum Gasteiger partial charge on any atom is -0.494 e. The molecule has 0 amide bonds. The Bertz CT molecular complexity index is 1360. The molecule has 4 aromatic rings. The number of rotatable bonds is 5. The Labute approximate surface area is 188 Å². The number of ether oxygens (including phenoxy) is 1. The third-order valence-corrected chi connectivity index (χ3v) is 8.00. The molecule has 0 saturated heterocycles. The average molecular weight is 447 g/mol. The molecule has 0 fully saturated rings. The smallest absolute Gasteiger partial charge is 0.244 e. The number of nitrogens with one attached hydrogen (secondary N) is 1. The van der Waals surface area contributed by atoms with Gasteiger partial charge in [0.05, 0.1) is 17.5 Å². The van der Waals surface area contributed by atoms with Gasteiger partial charge >= 0.3 is 0 Å². The Morgan fingerprint density at radius 3 is 2.44 bits per heavy atom. The third kappa shape index (κ3) is 3.49. The summed E-state index contributed by atoms with van der Waals surface area (Å²) < 4.78 is 34.7. The number of aromatic nitrogens is 1. The summed E-state index contributed by atoms with van der Waals surface area (Å²) >= 11 is 0. The number of para-hydroxylation sites is 1. The van der Waals surface area contributed by atoms with E-state index >= 15 is 0 Å². The van der Waals surface area contributed by atoms with Gasteiger partial charge in [-0.15, -0.1) is 0 Å². The first-order valence-corrected chi connectivity index (χ1v) is 12.3. The van der Waals surface area contributed by atoms with Crippen molar-refractivity contribution in [2.75, 3.05) is 13.2 Å².